The molecule has 0 unspecified atom stereocenters. The molecule has 0 saturated carbocycles. The molecule has 240 valence electrons. The molecular formula is C48H31NOS. The molecule has 0 fully saturated rings. The van der Waals surface area contributed by atoms with Crippen LogP contribution >= 0.6 is 11.3 Å². The number of benzene rings is 8. The van der Waals surface area contributed by atoms with E-state index in [1.807, 2.05) is 11.3 Å². The zero-order valence-electron chi connectivity index (χ0n) is 27.7. The Balaban J connectivity index is 1.28. The number of rotatable bonds is 6. The molecule has 2 heterocycles. The summed E-state index contributed by atoms with van der Waals surface area (Å²) in [5, 5.41) is 4.79. The third kappa shape index (κ3) is 5.01. The van der Waals surface area contributed by atoms with Crippen molar-refractivity contribution in [3.05, 3.63) is 188 Å². The number of hydrogen-bond acceptors (Lipinski definition) is 3. The number of nitrogens with zero attached hydrogens (tertiary/aromatic N) is 1. The first kappa shape index (κ1) is 29.5. The van der Waals surface area contributed by atoms with Gasteiger partial charge in [-0.05, 0) is 75.8 Å². The summed E-state index contributed by atoms with van der Waals surface area (Å²) in [4.78, 5) is 2.38. The lowest BCUT2D eigenvalue weighted by Crippen LogP contribution is -2.10. The lowest BCUT2D eigenvalue weighted by molar-refractivity contribution is 0.669. The van der Waals surface area contributed by atoms with E-state index < -0.39 is 0 Å². The zero-order valence-corrected chi connectivity index (χ0v) is 28.5. The highest BCUT2D eigenvalue weighted by atomic mass is 32.1. The molecule has 0 aliphatic heterocycles. The molecule has 8 aromatic carbocycles. The molecule has 0 amide bonds. The molecular weight excluding hydrogens is 639 g/mol. The van der Waals surface area contributed by atoms with Crippen molar-refractivity contribution in [2.45, 2.75) is 0 Å². The summed E-state index contributed by atoms with van der Waals surface area (Å²) in [5.74, 6) is 0. The molecule has 0 saturated heterocycles. The van der Waals surface area contributed by atoms with Crippen LogP contribution in [0.1, 0.15) is 0 Å². The first-order valence-corrected chi connectivity index (χ1v) is 18.1. The highest BCUT2D eigenvalue weighted by Gasteiger charge is 2.24. The smallest absolute Gasteiger partial charge is 0.160 e. The second-order valence-electron chi connectivity index (χ2n) is 12.9. The fourth-order valence-corrected chi connectivity index (χ4v) is 8.71. The second kappa shape index (κ2) is 12.2. The molecule has 2 aromatic heterocycles. The van der Waals surface area contributed by atoms with Crippen molar-refractivity contribution in [2.24, 2.45) is 0 Å². The van der Waals surface area contributed by atoms with Crippen LogP contribution in [0.3, 0.4) is 0 Å². The molecule has 0 bridgehead atoms. The van der Waals surface area contributed by atoms with Gasteiger partial charge in [-0.1, -0.05) is 146 Å². The van der Waals surface area contributed by atoms with E-state index in [4.69, 9.17) is 4.42 Å². The van der Waals surface area contributed by atoms with Gasteiger partial charge in [0.25, 0.3) is 0 Å². The fraction of sp³-hybridized carbons (Fsp3) is 0. The third-order valence-electron chi connectivity index (χ3n) is 9.87. The minimum absolute atomic E-state index is 0.885. The molecule has 3 heteroatoms. The molecule has 0 spiro atoms. The van der Waals surface area contributed by atoms with Gasteiger partial charge in [-0.2, -0.15) is 0 Å². The van der Waals surface area contributed by atoms with Gasteiger partial charge in [-0.25, -0.2) is 0 Å². The van der Waals surface area contributed by atoms with E-state index >= 15 is 0 Å². The Morgan fingerprint density at radius 2 is 0.980 bits per heavy atom. The lowest BCUT2D eigenvalue weighted by Gasteiger charge is -2.27. The van der Waals surface area contributed by atoms with E-state index in [9.17, 15) is 0 Å². The third-order valence-corrected chi connectivity index (χ3v) is 11.1. The van der Waals surface area contributed by atoms with Crippen LogP contribution in [-0.2, 0) is 0 Å². The van der Waals surface area contributed by atoms with Crippen molar-refractivity contribution in [1.29, 1.82) is 0 Å². The number of anilines is 3. The van der Waals surface area contributed by atoms with E-state index in [0.29, 0.717) is 0 Å². The van der Waals surface area contributed by atoms with Gasteiger partial charge in [0, 0.05) is 42.3 Å². The molecule has 0 N–H and O–H groups in total. The summed E-state index contributed by atoms with van der Waals surface area (Å²) in [6.07, 6.45) is 0. The highest BCUT2D eigenvalue weighted by Crippen LogP contribution is 2.50. The van der Waals surface area contributed by atoms with E-state index in [1.165, 1.54) is 53.6 Å². The number of furan rings is 1. The average Bonchev–Trinajstić information content (AvgIpc) is 3.78. The van der Waals surface area contributed by atoms with Crippen molar-refractivity contribution >= 4 is 70.5 Å². The Morgan fingerprint density at radius 1 is 0.412 bits per heavy atom. The number of thiophene rings is 1. The van der Waals surface area contributed by atoms with E-state index in [2.05, 4.69) is 193 Å². The van der Waals surface area contributed by atoms with Crippen molar-refractivity contribution in [1.82, 2.24) is 0 Å². The number of hydrogen-bond donors (Lipinski definition) is 0. The Hall–Kier alpha value is -6.42. The quantitative estimate of drug-likeness (QED) is 0.175. The van der Waals surface area contributed by atoms with E-state index in [-0.39, 0.29) is 0 Å². The summed E-state index contributed by atoms with van der Waals surface area (Å²) in [7, 11) is 0. The highest BCUT2D eigenvalue weighted by molar-refractivity contribution is 7.26. The van der Waals surface area contributed by atoms with Gasteiger partial charge >= 0.3 is 0 Å². The topological polar surface area (TPSA) is 16.4 Å². The van der Waals surface area contributed by atoms with E-state index in [0.717, 1.165) is 39.0 Å². The maximum atomic E-state index is 6.88. The zero-order chi connectivity index (χ0) is 33.7. The molecule has 10 aromatic rings. The normalized spacial score (nSPS) is 11.5. The molecule has 0 radical (unpaired) electrons. The van der Waals surface area contributed by atoms with Gasteiger partial charge in [-0.3, -0.25) is 0 Å². The minimum atomic E-state index is 0.885. The maximum Gasteiger partial charge on any atom is 0.160 e. The van der Waals surface area contributed by atoms with Crippen molar-refractivity contribution < 1.29 is 4.42 Å². The van der Waals surface area contributed by atoms with Crippen LogP contribution in [0.15, 0.2) is 192 Å². The summed E-state index contributed by atoms with van der Waals surface area (Å²) in [5.41, 5.74) is 12.0. The Bertz CT molecular complexity index is 2840. The number of fused-ring (bicyclic) bond motifs is 7. The summed E-state index contributed by atoms with van der Waals surface area (Å²) in [6.45, 7) is 0. The SMILES string of the molecule is c1ccc(-c2ccc(N(c3ccc(-c4ccccc4)c(-c4ccccc4)c3)c3cc4c5ccccc5sc4c4c3oc3ccccc34)cc2)cc1. The van der Waals surface area contributed by atoms with Crippen LogP contribution in [0.2, 0.25) is 0 Å². The predicted octanol–water partition coefficient (Wildman–Crippen LogP) is 14.4. The van der Waals surface area contributed by atoms with Crippen LogP contribution in [0, 0.1) is 0 Å². The average molecular weight is 670 g/mol. The second-order valence-corrected chi connectivity index (χ2v) is 13.9. The lowest BCUT2D eigenvalue weighted by atomic mass is 9.93. The summed E-state index contributed by atoms with van der Waals surface area (Å²) < 4.78 is 9.40. The van der Waals surface area contributed by atoms with Crippen LogP contribution in [-0.4, -0.2) is 0 Å². The molecule has 51 heavy (non-hydrogen) atoms. The van der Waals surface area contributed by atoms with Gasteiger partial charge in [0.1, 0.15) is 5.58 Å². The van der Waals surface area contributed by atoms with Crippen LogP contribution in [0.5, 0.6) is 0 Å². The van der Waals surface area contributed by atoms with Crippen molar-refractivity contribution in [3.8, 4) is 33.4 Å². The minimum Gasteiger partial charge on any atom is -0.454 e. The Morgan fingerprint density at radius 3 is 1.71 bits per heavy atom. The van der Waals surface area contributed by atoms with Gasteiger partial charge in [0.05, 0.1) is 5.69 Å². The van der Waals surface area contributed by atoms with Crippen molar-refractivity contribution in [2.75, 3.05) is 4.90 Å². The maximum absolute atomic E-state index is 6.88. The molecule has 2 nitrogen and oxygen atoms in total. The monoisotopic (exact) mass is 669 g/mol. The molecule has 0 aliphatic carbocycles. The van der Waals surface area contributed by atoms with Gasteiger partial charge in [0.2, 0.25) is 0 Å². The molecule has 0 atom stereocenters. The van der Waals surface area contributed by atoms with Gasteiger partial charge in [-0.15, -0.1) is 11.3 Å². The molecule has 0 aliphatic rings. The largest absolute Gasteiger partial charge is 0.454 e. The van der Waals surface area contributed by atoms with Gasteiger partial charge in [0.15, 0.2) is 5.58 Å². The van der Waals surface area contributed by atoms with Crippen LogP contribution in [0.25, 0.3) is 75.5 Å². The summed E-state index contributed by atoms with van der Waals surface area (Å²) >= 11 is 1.84. The first-order valence-electron chi connectivity index (χ1n) is 17.3. The standard InChI is InChI=1S/C48H31NOS/c1-4-14-32(15-5-1)33-24-26-36(27-25-33)49(37-28-29-38(34-16-6-2-7-17-34)41(30-37)35-18-8-3-9-19-35)43-31-42-39-20-11-13-23-45(39)51-48(42)46-40-21-10-12-22-44(40)50-47(43)46/h1-31H. The Labute approximate surface area is 300 Å². The summed E-state index contributed by atoms with van der Waals surface area (Å²) in [6, 6.07) is 67.2. The first-order chi connectivity index (χ1) is 25.3. The van der Waals surface area contributed by atoms with Crippen LogP contribution < -0.4 is 4.90 Å². The van der Waals surface area contributed by atoms with Gasteiger partial charge < -0.3 is 9.32 Å². The van der Waals surface area contributed by atoms with Crippen molar-refractivity contribution in [3.63, 3.8) is 0 Å². The number of para-hydroxylation sites is 1. The Kier molecular flexibility index (Phi) is 7.04. The fourth-order valence-electron chi connectivity index (χ4n) is 7.47. The van der Waals surface area contributed by atoms with Crippen LogP contribution in [0.4, 0.5) is 17.1 Å². The predicted molar refractivity (Wildman–Crippen MR) is 218 cm³/mol. The van der Waals surface area contributed by atoms with E-state index in [1.54, 1.807) is 0 Å². The molecule has 10 rings (SSSR count).